The number of halogens is 1. The molecule has 0 radical (unpaired) electrons. The van der Waals surface area contributed by atoms with E-state index in [0.29, 0.717) is 12.0 Å². The number of hydrogen-bond donors (Lipinski definition) is 1. The van der Waals surface area contributed by atoms with Crippen LogP contribution in [-0.2, 0) is 0 Å². The maximum atomic E-state index is 11.3. The number of nitro groups is 1. The highest BCUT2D eigenvalue weighted by Gasteiger charge is 2.30. The lowest BCUT2D eigenvalue weighted by atomic mass is 10.1. The van der Waals surface area contributed by atoms with Crippen molar-refractivity contribution in [1.29, 1.82) is 0 Å². The van der Waals surface area contributed by atoms with Crippen molar-refractivity contribution in [3.63, 3.8) is 0 Å². The van der Waals surface area contributed by atoms with Gasteiger partial charge in [-0.1, -0.05) is 13.3 Å². The number of rotatable bonds is 6. The van der Waals surface area contributed by atoms with Crippen molar-refractivity contribution in [2.24, 2.45) is 0 Å². The summed E-state index contributed by atoms with van der Waals surface area (Å²) in [5, 5.41) is 20.1. The van der Waals surface area contributed by atoms with E-state index in [9.17, 15) is 20.0 Å². The van der Waals surface area contributed by atoms with Crippen LogP contribution in [0.4, 0.5) is 5.82 Å². The normalized spacial score (nSPS) is 10.3. The molecule has 0 aliphatic rings. The molecule has 0 aliphatic carbocycles. The Hall–Kier alpha value is -1.70. The molecule has 8 heteroatoms. The Balaban J connectivity index is 3.39. The van der Waals surface area contributed by atoms with Crippen molar-refractivity contribution in [3.05, 3.63) is 25.8 Å². The van der Waals surface area contributed by atoms with E-state index in [1.807, 2.05) is 6.92 Å². The molecule has 0 bridgehead atoms. The molecule has 1 N–H and O–H groups in total. The zero-order chi connectivity index (χ0) is 14.6. The molecule has 0 saturated carbocycles. The van der Waals surface area contributed by atoms with Crippen molar-refractivity contribution in [1.82, 2.24) is 4.98 Å². The lowest BCUT2D eigenvalue weighted by Crippen LogP contribution is -2.11. The van der Waals surface area contributed by atoms with Crippen LogP contribution in [0.5, 0.6) is 5.75 Å². The van der Waals surface area contributed by atoms with Gasteiger partial charge in [0.2, 0.25) is 10.4 Å². The molecule has 1 aromatic rings. The third kappa shape index (κ3) is 3.40. The molecule has 1 aromatic heterocycles. The first-order chi connectivity index (χ1) is 8.90. The van der Waals surface area contributed by atoms with E-state index in [0.717, 1.165) is 6.42 Å². The quantitative estimate of drug-likeness (QED) is 0.372. The molecule has 19 heavy (non-hydrogen) atoms. The van der Waals surface area contributed by atoms with E-state index in [-0.39, 0.29) is 22.5 Å². The molecule has 7 nitrogen and oxygen atoms in total. The molecule has 0 spiro atoms. The fourth-order valence-electron chi connectivity index (χ4n) is 1.45. The van der Waals surface area contributed by atoms with Gasteiger partial charge in [-0.2, -0.15) is 0 Å². The van der Waals surface area contributed by atoms with E-state index in [1.165, 1.54) is 6.92 Å². The van der Waals surface area contributed by atoms with Gasteiger partial charge in [0.15, 0.2) is 0 Å². The van der Waals surface area contributed by atoms with Crippen molar-refractivity contribution in [2.75, 3.05) is 6.61 Å². The summed E-state index contributed by atoms with van der Waals surface area (Å²) in [7, 11) is 0. The van der Waals surface area contributed by atoms with Crippen LogP contribution < -0.4 is 4.74 Å². The molecule has 0 unspecified atom stereocenters. The van der Waals surface area contributed by atoms with Gasteiger partial charge in [-0.3, -0.25) is 0 Å². The van der Waals surface area contributed by atoms with E-state index in [1.54, 1.807) is 0 Å². The third-order valence-corrected chi connectivity index (χ3v) is 3.22. The SMILES string of the molecule is CCCCOc1c([N+](=O)[O-])nc(Br)c(C)c1C(=O)O. The van der Waals surface area contributed by atoms with Gasteiger partial charge in [0.05, 0.1) is 6.61 Å². The summed E-state index contributed by atoms with van der Waals surface area (Å²) in [6.07, 6.45) is 1.50. The molecular formula is C11H13BrN2O5. The van der Waals surface area contributed by atoms with Gasteiger partial charge in [0.25, 0.3) is 0 Å². The number of carboxylic acid groups (broad SMARTS) is 1. The molecular weight excluding hydrogens is 320 g/mol. The van der Waals surface area contributed by atoms with Crippen LogP contribution in [0.25, 0.3) is 0 Å². The number of unbranched alkanes of at least 4 members (excludes halogenated alkanes) is 1. The minimum absolute atomic E-state index is 0.124. The van der Waals surface area contributed by atoms with Gasteiger partial charge in [0.1, 0.15) is 5.56 Å². The first-order valence-corrected chi connectivity index (χ1v) is 6.40. The van der Waals surface area contributed by atoms with Crippen molar-refractivity contribution in [3.8, 4) is 5.75 Å². The average molecular weight is 333 g/mol. The Labute approximate surface area is 117 Å². The minimum atomic E-state index is -1.28. The number of carboxylic acids is 1. The monoisotopic (exact) mass is 332 g/mol. The first-order valence-electron chi connectivity index (χ1n) is 5.60. The smallest absolute Gasteiger partial charge is 0.408 e. The highest BCUT2D eigenvalue weighted by atomic mass is 79.9. The number of aromatic carboxylic acids is 1. The average Bonchev–Trinajstić information content (AvgIpc) is 2.32. The Bertz CT molecular complexity index is 518. The second kappa shape index (κ2) is 6.46. The highest BCUT2D eigenvalue weighted by Crippen LogP contribution is 2.35. The summed E-state index contributed by atoms with van der Waals surface area (Å²) in [6.45, 7) is 3.65. The van der Waals surface area contributed by atoms with Crippen molar-refractivity contribution in [2.45, 2.75) is 26.7 Å². The summed E-state index contributed by atoms with van der Waals surface area (Å²) in [4.78, 5) is 25.2. The van der Waals surface area contributed by atoms with Crippen LogP contribution in [0.1, 0.15) is 35.7 Å². The van der Waals surface area contributed by atoms with Crippen molar-refractivity contribution < 1.29 is 19.6 Å². The Morgan fingerprint density at radius 2 is 2.21 bits per heavy atom. The summed E-state index contributed by atoms with van der Waals surface area (Å²) in [6, 6.07) is 0. The summed E-state index contributed by atoms with van der Waals surface area (Å²) >= 11 is 3.02. The summed E-state index contributed by atoms with van der Waals surface area (Å²) < 4.78 is 5.39. The van der Waals surface area contributed by atoms with E-state index in [2.05, 4.69) is 20.9 Å². The first kappa shape index (κ1) is 15.4. The van der Waals surface area contributed by atoms with Crippen LogP contribution in [0.3, 0.4) is 0 Å². The predicted octanol–water partition coefficient (Wildman–Crippen LogP) is 2.94. The van der Waals surface area contributed by atoms with Crippen LogP contribution in [0.2, 0.25) is 0 Å². The second-order valence-corrected chi connectivity index (χ2v) is 4.57. The predicted molar refractivity (Wildman–Crippen MR) is 70.7 cm³/mol. The van der Waals surface area contributed by atoms with Gasteiger partial charge in [-0.05, 0) is 23.3 Å². The molecule has 0 amide bonds. The zero-order valence-electron chi connectivity index (χ0n) is 10.5. The van der Waals surface area contributed by atoms with Crippen molar-refractivity contribution >= 4 is 27.7 Å². The van der Waals surface area contributed by atoms with Crippen LogP contribution in [0, 0.1) is 17.0 Å². The number of aromatic nitrogens is 1. The molecule has 104 valence electrons. The highest BCUT2D eigenvalue weighted by molar-refractivity contribution is 9.10. The minimum Gasteiger partial charge on any atom is -0.485 e. The number of nitrogens with zero attached hydrogens (tertiary/aromatic N) is 2. The fourth-order valence-corrected chi connectivity index (χ4v) is 1.82. The summed E-state index contributed by atoms with van der Waals surface area (Å²) in [5.74, 6) is -2.16. The van der Waals surface area contributed by atoms with Gasteiger partial charge in [-0.25, -0.2) is 4.79 Å². The maximum Gasteiger partial charge on any atom is 0.408 e. The molecule has 0 aliphatic heterocycles. The van der Waals surface area contributed by atoms with Crippen LogP contribution in [-0.4, -0.2) is 27.6 Å². The Morgan fingerprint density at radius 3 is 2.68 bits per heavy atom. The third-order valence-electron chi connectivity index (χ3n) is 2.45. The van der Waals surface area contributed by atoms with Crippen LogP contribution >= 0.6 is 15.9 Å². The van der Waals surface area contributed by atoms with E-state index >= 15 is 0 Å². The lowest BCUT2D eigenvalue weighted by molar-refractivity contribution is -0.390. The molecule has 1 heterocycles. The molecule has 0 fully saturated rings. The number of hydrogen-bond acceptors (Lipinski definition) is 5. The fraction of sp³-hybridized carbons (Fsp3) is 0.455. The van der Waals surface area contributed by atoms with Gasteiger partial charge < -0.3 is 20.0 Å². The number of carbonyl (C=O) groups is 1. The maximum absolute atomic E-state index is 11.3. The zero-order valence-corrected chi connectivity index (χ0v) is 12.1. The molecule has 0 atom stereocenters. The van der Waals surface area contributed by atoms with E-state index in [4.69, 9.17) is 4.74 Å². The van der Waals surface area contributed by atoms with Gasteiger partial charge in [0, 0.05) is 21.5 Å². The summed E-state index contributed by atoms with van der Waals surface area (Å²) in [5.41, 5.74) is 0.0641. The van der Waals surface area contributed by atoms with Crippen LogP contribution in [0.15, 0.2) is 4.60 Å². The standard InChI is InChI=1S/C11H13BrN2O5/c1-3-4-5-19-8-7(11(15)16)6(2)9(12)13-10(8)14(17)18/h3-5H2,1-2H3,(H,15,16). The topological polar surface area (TPSA) is 103 Å². The molecule has 0 saturated heterocycles. The second-order valence-electron chi connectivity index (χ2n) is 3.82. The molecule has 1 rings (SSSR count). The largest absolute Gasteiger partial charge is 0.485 e. The van der Waals surface area contributed by atoms with Gasteiger partial charge in [-0.15, -0.1) is 0 Å². The number of pyridine rings is 1. The Kier molecular flexibility index (Phi) is 5.22. The number of ether oxygens (including phenoxy) is 1. The Morgan fingerprint density at radius 1 is 1.58 bits per heavy atom. The molecule has 0 aromatic carbocycles. The van der Waals surface area contributed by atoms with E-state index < -0.39 is 16.7 Å². The van der Waals surface area contributed by atoms with Gasteiger partial charge >= 0.3 is 11.8 Å². The lowest BCUT2D eigenvalue weighted by Gasteiger charge is -2.10.